The van der Waals surface area contributed by atoms with Gasteiger partial charge >= 0.3 is 0 Å². The highest BCUT2D eigenvalue weighted by Crippen LogP contribution is 2.21. The van der Waals surface area contributed by atoms with Crippen LogP contribution in [-0.4, -0.2) is 12.8 Å². The summed E-state index contributed by atoms with van der Waals surface area (Å²) >= 11 is 3.36. The van der Waals surface area contributed by atoms with E-state index in [9.17, 15) is 5.26 Å². The van der Waals surface area contributed by atoms with Gasteiger partial charge in [-0.05, 0) is 24.1 Å². The summed E-state index contributed by atoms with van der Waals surface area (Å²) in [6.45, 7) is 1.96. The Morgan fingerprint density at radius 1 is 1.50 bits per heavy atom. The van der Waals surface area contributed by atoms with E-state index >= 15 is 0 Å². The normalized spacial score (nSPS) is 13.0. The summed E-state index contributed by atoms with van der Waals surface area (Å²) in [6.07, 6.45) is 0.697. The minimum Gasteiger partial charge on any atom is -0.399 e. The number of nitriles is 1. The van der Waals surface area contributed by atoms with E-state index in [1.165, 1.54) is 7.11 Å². The molecule has 0 amide bonds. The fraction of sp³-hybridized carbons (Fsp3) is 0.333. The van der Waals surface area contributed by atoms with E-state index in [1.54, 1.807) is 0 Å². The van der Waals surface area contributed by atoms with Crippen LogP contribution in [0.4, 0.5) is 0 Å². The molecule has 0 heterocycles. The molecule has 0 N–H and O–H groups in total. The van der Waals surface area contributed by atoms with Crippen LogP contribution in [-0.2, 0) is 4.84 Å². The van der Waals surface area contributed by atoms with Gasteiger partial charge in [0.05, 0.1) is 11.8 Å². The van der Waals surface area contributed by atoms with E-state index in [2.05, 4.69) is 27.2 Å². The van der Waals surface area contributed by atoms with Crippen LogP contribution in [0.3, 0.4) is 0 Å². The van der Waals surface area contributed by atoms with Gasteiger partial charge in [0.2, 0.25) is 0 Å². The molecule has 16 heavy (non-hydrogen) atoms. The molecule has 0 aliphatic heterocycles. The lowest BCUT2D eigenvalue weighted by atomic mass is 9.94. The maximum Gasteiger partial charge on any atom is 0.113 e. The summed E-state index contributed by atoms with van der Waals surface area (Å²) < 4.78 is 0.995. The first kappa shape index (κ1) is 12.7. The standard InChI is InChI=1S/C12H13BrN2O/c1-3-12(15-16-2)11(8-14)9-4-6-10(13)7-5-9/h4-7,11H,3H2,1-2H3/b15-12+. The molecule has 1 aromatic rings. The molecule has 1 unspecified atom stereocenters. The summed E-state index contributed by atoms with van der Waals surface area (Å²) in [4.78, 5) is 4.75. The summed E-state index contributed by atoms with van der Waals surface area (Å²) in [5.74, 6) is -0.335. The lowest BCUT2D eigenvalue weighted by Crippen LogP contribution is -2.10. The molecule has 0 saturated carbocycles. The van der Waals surface area contributed by atoms with Gasteiger partial charge < -0.3 is 4.84 Å². The Morgan fingerprint density at radius 3 is 2.56 bits per heavy atom. The summed E-state index contributed by atoms with van der Waals surface area (Å²) in [7, 11) is 1.49. The first-order chi connectivity index (χ1) is 7.72. The Balaban J connectivity index is 3.03. The molecule has 0 bridgehead atoms. The van der Waals surface area contributed by atoms with E-state index in [0.717, 1.165) is 15.7 Å². The van der Waals surface area contributed by atoms with Gasteiger partial charge in [0.15, 0.2) is 0 Å². The van der Waals surface area contributed by atoms with Crippen LogP contribution in [0, 0.1) is 11.3 Å². The van der Waals surface area contributed by atoms with Crippen LogP contribution in [0.1, 0.15) is 24.8 Å². The molecule has 0 aliphatic carbocycles. The fourth-order valence-electron chi connectivity index (χ4n) is 1.44. The third kappa shape index (κ3) is 3.07. The SMILES string of the molecule is CC/C(=N\OC)C(C#N)c1ccc(Br)cc1. The van der Waals surface area contributed by atoms with E-state index < -0.39 is 0 Å². The molecular weight excluding hydrogens is 268 g/mol. The molecule has 0 aromatic heterocycles. The van der Waals surface area contributed by atoms with Gasteiger partial charge in [-0.3, -0.25) is 0 Å². The van der Waals surface area contributed by atoms with Crippen LogP contribution < -0.4 is 0 Å². The van der Waals surface area contributed by atoms with Crippen molar-refractivity contribution in [3.8, 4) is 6.07 Å². The average Bonchev–Trinajstić information content (AvgIpc) is 2.31. The summed E-state index contributed by atoms with van der Waals surface area (Å²) in [5, 5.41) is 13.1. The first-order valence-corrected chi connectivity index (χ1v) is 5.77. The molecule has 1 atom stereocenters. The second-order valence-corrected chi connectivity index (χ2v) is 4.15. The van der Waals surface area contributed by atoms with Crippen molar-refractivity contribution < 1.29 is 4.84 Å². The van der Waals surface area contributed by atoms with Gasteiger partial charge in [-0.1, -0.05) is 40.1 Å². The number of oxime groups is 1. The molecule has 0 radical (unpaired) electrons. The summed E-state index contributed by atoms with van der Waals surface area (Å²) in [6, 6.07) is 9.91. The molecule has 3 nitrogen and oxygen atoms in total. The van der Waals surface area contributed by atoms with Crippen molar-refractivity contribution in [2.24, 2.45) is 5.16 Å². The molecule has 1 rings (SSSR count). The quantitative estimate of drug-likeness (QED) is 0.626. The number of benzene rings is 1. The van der Waals surface area contributed by atoms with Crippen molar-refractivity contribution in [2.45, 2.75) is 19.3 Å². The number of rotatable bonds is 4. The zero-order valence-electron chi connectivity index (χ0n) is 9.27. The third-order valence-corrected chi connectivity index (χ3v) is 2.77. The van der Waals surface area contributed by atoms with Gasteiger partial charge in [0.1, 0.15) is 13.0 Å². The minimum absolute atomic E-state index is 0.335. The lowest BCUT2D eigenvalue weighted by Gasteiger charge is -2.10. The predicted molar refractivity (Wildman–Crippen MR) is 67.2 cm³/mol. The zero-order valence-corrected chi connectivity index (χ0v) is 10.9. The Morgan fingerprint density at radius 2 is 2.12 bits per heavy atom. The van der Waals surface area contributed by atoms with E-state index in [-0.39, 0.29) is 5.92 Å². The average molecular weight is 281 g/mol. The molecule has 0 fully saturated rings. The molecule has 4 heteroatoms. The molecule has 84 valence electrons. The van der Waals surface area contributed by atoms with Crippen molar-refractivity contribution in [1.82, 2.24) is 0 Å². The van der Waals surface area contributed by atoms with Crippen molar-refractivity contribution in [1.29, 1.82) is 5.26 Å². The first-order valence-electron chi connectivity index (χ1n) is 4.98. The predicted octanol–water partition coefficient (Wildman–Crippen LogP) is 3.47. The van der Waals surface area contributed by atoms with E-state index in [4.69, 9.17) is 4.84 Å². The molecule has 1 aromatic carbocycles. The maximum atomic E-state index is 9.18. The van der Waals surface area contributed by atoms with Crippen molar-refractivity contribution in [3.05, 3.63) is 34.3 Å². The number of hydrogen-bond acceptors (Lipinski definition) is 3. The minimum atomic E-state index is -0.335. The molecule has 0 aliphatic rings. The Labute approximate surface area is 104 Å². The van der Waals surface area contributed by atoms with Crippen LogP contribution in [0.2, 0.25) is 0 Å². The lowest BCUT2D eigenvalue weighted by molar-refractivity contribution is 0.211. The Kier molecular flexibility index (Phi) is 5.00. The number of halogens is 1. The topological polar surface area (TPSA) is 45.4 Å². The second kappa shape index (κ2) is 6.29. The van der Waals surface area contributed by atoms with Crippen molar-refractivity contribution in [2.75, 3.05) is 7.11 Å². The number of hydrogen-bond donors (Lipinski definition) is 0. The maximum absolute atomic E-state index is 9.18. The smallest absolute Gasteiger partial charge is 0.113 e. The molecule has 0 saturated heterocycles. The Hall–Kier alpha value is -1.34. The summed E-state index contributed by atoms with van der Waals surface area (Å²) in [5.41, 5.74) is 1.68. The highest BCUT2D eigenvalue weighted by Gasteiger charge is 2.16. The van der Waals surface area contributed by atoms with Gasteiger partial charge in [-0.2, -0.15) is 5.26 Å². The van der Waals surface area contributed by atoms with Gasteiger partial charge in [-0.15, -0.1) is 0 Å². The highest BCUT2D eigenvalue weighted by molar-refractivity contribution is 9.10. The number of nitrogens with zero attached hydrogens (tertiary/aromatic N) is 2. The van der Waals surface area contributed by atoms with Gasteiger partial charge in [0.25, 0.3) is 0 Å². The second-order valence-electron chi connectivity index (χ2n) is 3.23. The largest absolute Gasteiger partial charge is 0.399 e. The van der Waals surface area contributed by atoms with Crippen LogP contribution in [0.15, 0.2) is 33.9 Å². The fourth-order valence-corrected chi connectivity index (χ4v) is 1.70. The van der Waals surface area contributed by atoms with E-state index in [1.807, 2.05) is 31.2 Å². The van der Waals surface area contributed by atoms with Crippen LogP contribution >= 0.6 is 15.9 Å². The van der Waals surface area contributed by atoms with Crippen LogP contribution in [0.25, 0.3) is 0 Å². The highest BCUT2D eigenvalue weighted by atomic mass is 79.9. The van der Waals surface area contributed by atoms with Crippen molar-refractivity contribution in [3.63, 3.8) is 0 Å². The van der Waals surface area contributed by atoms with Crippen molar-refractivity contribution >= 4 is 21.6 Å². The zero-order chi connectivity index (χ0) is 12.0. The van der Waals surface area contributed by atoms with E-state index in [0.29, 0.717) is 6.42 Å². The van der Waals surface area contributed by atoms with Gasteiger partial charge in [0, 0.05) is 4.47 Å². The monoisotopic (exact) mass is 280 g/mol. The Bertz CT molecular complexity index is 406. The van der Waals surface area contributed by atoms with Crippen LogP contribution in [0.5, 0.6) is 0 Å². The molecule has 0 spiro atoms. The van der Waals surface area contributed by atoms with Gasteiger partial charge in [-0.25, -0.2) is 0 Å². The molecular formula is C12H13BrN2O. The third-order valence-electron chi connectivity index (χ3n) is 2.24.